The predicted octanol–water partition coefficient (Wildman–Crippen LogP) is 4.97. The van der Waals surface area contributed by atoms with Gasteiger partial charge in [0.15, 0.2) is 0 Å². The number of aryl methyl sites for hydroxylation is 1. The molecular weight excluding hydrogens is 270 g/mol. The fourth-order valence-electron chi connectivity index (χ4n) is 2.07. The van der Waals surface area contributed by atoms with Gasteiger partial charge >= 0.3 is 0 Å². The van der Waals surface area contributed by atoms with Crippen molar-refractivity contribution >= 4 is 5.91 Å². The minimum absolute atomic E-state index is 0.0873. The molecule has 0 spiro atoms. The molecule has 2 aromatic rings. The van der Waals surface area contributed by atoms with Crippen LogP contribution in [-0.4, -0.2) is 5.91 Å². The lowest BCUT2D eigenvalue weighted by molar-refractivity contribution is -0.120. The van der Waals surface area contributed by atoms with Gasteiger partial charge in [0.2, 0.25) is 5.91 Å². The third-order valence-corrected chi connectivity index (χ3v) is 3.46. The minimum Gasteiger partial charge on any atom is -0.352 e. The zero-order valence-electron chi connectivity index (χ0n) is 14.1. The van der Waals surface area contributed by atoms with Gasteiger partial charge in [-0.1, -0.05) is 76.2 Å². The summed E-state index contributed by atoms with van der Waals surface area (Å²) in [4.78, 5) is 11.2. The van der Waals surface area contributed by atoms with Crippen molar-refractivity contribution in [2.45, 2.75) is 47.1 Å². The van der Waals surface area contributed by atoms with E-state index in [0.717, 1.165) is 12.0 Å². The zero-order valence-corrected chi connectivity index (χ0v) is 14.1. The Bertz CT molecular complexity index is 555. The van der Waals surface area contributed by atoms with Gasteiger partial charge in [0.1, 0.15) is 0 Å². The van der Waals surface area contributed by atoms with Crippen molar-refractivity contribution in [1.82, 2.24) is 5.32 Å². The van der Waals surface area contributed by atoms with E-state index in [1.807, 2.05) is 20.8 Å². The first-order valence-electron chi connectivity index (χ1n) is 8.18. The lowest BCUT2D eigenvalue weighted by Gasteiger charge is -2.06. The second-order valence-corrected chi connectivity index (χ2v) is 4.88. The van der Waals surface area contributed by atoms with Crippen LogP contribution in [0.5, 0.6) is 0 Å². The summed E-state index contributed by atoms with van der Waals surface area (Å²) in [5.74, 6) is 0.0873. The second-order valence-electron chi connectivity index (χ2n) is 4.88. The van der Waals surface area contributed by atoms with Crippen LogP contribution in [0.15, 0.2) is 48.5 Å². The van der Waals surface area contributed by atoms with Crippen LogP contribution in [0.25, 0.3) is 11.1 Å². The van der Waals surface area contributed by atoms with Crippen molar-refractivity contribution < 1.29 is 4.79 Å². The van der Waals surface area contributed by atoms with Crippen molar-refractivity contribution in [2.75, 3.05) is 0 Å². The molecule has 0 unspecified atom stereocenters. The standard InChI is InChI=1S/C18H21NO.C2H6/c1-3-14-5-9-16(10-6-14)17-11-7-15(8-12-17)13-19-18(20)4-2;1-2/h5-12H,3-4,13H2,1-2H3,(H,19,20);1-2H3. The van der Waals surface area contributed by atoms with Crippen LogP contribution in [0.1, 0.15) is 45.2 Å². The lowest BCUT2D eigenvalue weighted by Crippen LogP contribution is -2.21. The van der Waals surface area contributed by atoms with E-state index in [1.165, 1.54) is 16.7 Å². The molecule has 0 aromatic heterocycles. The fourth-order valence-corrected chi connectivity index (χ4v) is 2.07. The number of benzene rings is 2. The monoisotopic (exact) mass is 297 g/mol. The average molecular weight is 297 g/mol. The fraction of sp³-hybridized carbons (Fsp3) is 0.350. The molecule has 0 heterocycles. The number of carbonyl (C=O) groups is 1. The molecule has 0 atom stereocenters. The zero-order chi connectivity index (χ0) is 16.4. The number of nitrogens with one attached hydrogen (secondary N) is 1. The summed E-state index contributed by atoms with van der Waals surface area (Å²) in [6.45, 7) is 8.62. The Labute approximate surface area is 134 Å². The van der Waals surface area contributed by atoms with E-state index in [0.29, 0.717) is 13.0 Å². The highest BCUT2D eigenvalue weighted by Gasteiger charge is 2.00. The van der Waals surface area contributed by atoms with Gasteiger partial charge < -0.3 is 5.32 Å². The largest absolute Gasteiger partial charge is 0.352 e. The van der Waals surface area contributed by atoms with Gasteiger partial charge in [0.05, 0.1) is 0 Å². The average Bonchev–Trinajstić information content (AvgIpc) is 2.62. The molecule has 1 amide bonds. The first-order valence-corrected chi connectivity index (χ1v) is 8.18. The Morgan fingerprint density at radius 3 is 1.68 bits per heavy atom. The molecule has 0 fully saturated rings. The second kappa shape index (κ2) is 9.78. The van der Waals surface area contributed by atoms with E-state index >= 15 is 0 Å². The highest BCUT2D eigenvalue weighted by Crippen LogP contribution is 2.20. The van der Waals surface area contributed by atoms with Crippen LogP contribution in [0, 0.1) is 0 Å². The summed E-state index contributed by atoms with van der Waals surface area (Å²) in [6, 6.07) is 17.0. The molecule has 1 N–H and O–H groups in total. The summed E-state index contributed by atoms with van der Waals surface area (Å²) in [7, 11) is 0. The van der Waals surface area contributed by atoms with Crippen LogP contribution in [0.2, 0.25) is 0 Å². The van der Waals surface area contributed by atoms with Crippen molar-refractivity contribution in [3.63, 3.8) is 0 Å². The van der Waals surface area contributed by atoms with Gasteiger partial charge in [-0.15, -0.1) is 0 Å². The van der Waals surface area contributed by atoms with E-state index in [9.17, 15) is 4.79 Å². The number of hydrogen-bond donors (Lipinski definition) is 1. The molecular formula is C20H27NO. The number of hydrogen-bond acceptors (Lipinski definition) is 1. The van der Waals surface area contributed by atoms with Crippen LogP contribution >= 0.6 is 0 Å². The Morgan fingerprint density at radius 2 is 1.27 bits per heavy atom. The molecule has 22 heavy (non-hydrogen) atoms. The van der Waals surface area contributed by atoms with Crippen LogP contribution in [-0.2, 0) is 17.8 Å². The summed E-state index contributed by atoms with van der Waals surface area (Å²) in [5, 5.41) is 2.88. The van der Waals surface area contributed by atoms with E-state index in [-0.39, 0.29) is 5.91 Å². The summed E-state index contributed by atoms with van der Waals surface area (Å²) >= 11 is 0. The molecule has 2 rings (SSSR count). The number of rotatable bonds is 5. The van der Waals surface area contributed by atoms with E-state index < -0.39 is 0 Å². The van der Waals surface area contributed by atoms with Gasteiger partial charge in [-0.25, -0.2) is 0 Å². The van der Waals surface area contributed by atoms with E-state index in [4.69, 9.17) is 0 Å². The molecule has 0 aliphatic carbocycles. The summed E-state index contributed by atoms with van der Waals surface area (Å²) in [6.07, 6.45) is 1.60. The van der Waals surface area contributed by atoms with Gasteiger partial charge in [-0.3, -0.25) is 4.79 Å². The topological polar surface area (TPSA) is 29.1 Å². The molecule has 2 heteroatoms. The minimum atomic E-state index is 0.0873. The molecule has 0 aliphatic rings. The first-order chi connectivity index (χ1) is 10.7. The van der Waals surface area contributed by atoms with Crippen molar-refractivity contribution in [1.29, 1.82) is 0 Å². The highest BCUT2D eigenvalue weighted by atomic mass is 16.1. The molecule has 0 bridgehead atoms. The maximum atomic E-state index is 11.2. The SMILES string of the molecule is CC.CCC(=O)NCc1ccc(-c2ccc(CC)cc2)cc1. The Balaban J connectivity index is 0.00000116. The smallest absolute Gasteiger partial charge is 0.219 e. The maximum absolute atomic E-state index is 11.2. The number of carbonyl (C=O) groups excluding carboxylic acids is 1. The molecule has 0 aliphatic heterocycles. The van der Waals surface area contributed by atoms with Gasteiger partial charge in [-0.05, 0) is 28.7 Å². The molecule has 2 nitrogen and oxygen atoms in total. The van der Waals surface area contributed by atoms with E-state index in [1.54, 1.807) is 0 Å². The molecule has 118 valence electrons. The third kappa shape index (κ3) is 5.36. The lowest BCUT2D eigenvalue weighted by atomic mass is 10.0. The van der Waals surface area contributed by atoms with Crippen molar-refractivity contribution in [3.05, 3.63) is 59.7 Å². The van der Waals surface area contributed by atoms with Gasteiger partial charge in [0, 0.05) is 13.0 Å². The summed E-state index contributed by atoms with van der Waals surface area (Å²) in [5.41, 5.74) is 4.91. The predicted molar refractivity (Wildman–Crippen MR) is 94.7 cm³/mol. The van der Waals surface area contributed by atoms with Gasteiger partial charge in [0.25, 0.3) is 0 Å². The highest BCUT2D eigenvalue weighted by molar-refractivity contribution is 5.75. The first kappa shape index (κ1) is 18.0. The Hall–Kier alpha value is -2.09. The third-order valence-electron chi connectivity index (χ3n) is 3.46. The van der Waals surface area contributed by atoms with E-state index in [2.05, 4.69) is 60.8 Å². The van der Waals surface area contributed by atoms with Crippen LogP contribution < -0.4 is 5.32 Å². The Kier molecular flexibility index (Phi) is 7.98. The molecule has 2 aromatic carbocycles. The maximum Gasteiger partial charge on any atom is 0.219 e. The van der Waals surface area contributed by atoms with Crippen molar-refractivity contribution in [2.24, 2.45) is 0 Å². The molecule has 0 saturated carbocycles. The van der Waals surface area contributed by atoms with Crippen LogP contribution in [0.4, 0.5) is 0 Å². The Morgan fingerprint density at radius 1 is 0.818 bits per heavy atom. The van der Waals surface area contributed by atoms with Gasteiger partial charge in [-0.2, -0.15) is 0 Å². The number of amides is 1. The quantitative estimate of drug-likeness (QED) is 0.829. The van der Waals surface area contributed by atoms with Crippen LogP contribution in [0.3, 0.4) is 0 Å². The molecule has 0 saturated heterocycles. The normalized spacial score (nSPS) is 9.64. The molecule has 0 radical (unpaired) electrons. The van der Waals surface area contributed by atoms with Crippen molar-refractivity contribution in [3.8, 4) is 11.1 Å². The summed E-state index contributed by atoms with van der Waals surface area (Å²) < 4.78 is 0.